The highest BCUT2D eigenvalue weighted by atomic mass is 16.5. The first kappa shape index (κ1) is 17.0. The van der Waals surface area contributed by atoms with Crippen molar-refractivity contribution >= 4 is 5.91 Å². The number of amides is 1. The van der Waals surface area contributed by atoms with Crippen LogP contribution in [0, 0.1) is 0 Å². The van der Waals surface area contributed by atoms with Gasteiger partial charge in [-0.05, 0) is 52.6 Å². The molecule has 1 N–H and O–H groups in total. The molecule has 25 heavy (non-hydrogen) atoms. The number of nitrogens with zero attached hydrogens (tertiary/aromatic N) is 3. The summed E-state index contributed by atoms with van der Waals surface area (Å²) in [6.45, 7) is 8.25. The smallest absolute Gasteiger partial charge is 0.274 e. The van der Waals surface area contributed by atoms with Crippen molar-refractivity contribution < 1.29 is 9.53 Å². The Morgan fingerprint density at radius 3 is 2.56 bits per heavy atom. The third kappa shape index (κ3) is 3.34. The molecule has 3 aliphatic rings. The number of rotatable bonds is 2. The monoisotopic (exact) mass is 346 g/mol. The van der Waals surface area contributed by atoms with Gasteiger partial charge in [0.1, 0.15) is 0 Å². The maximum atomic E-state index is 13.0. The highest BCUT2D eigenvalue weighted by Crippen LogP contribution is 2.31. The molecule has 6 heteroatoms. The highest BCUT2D eigenvalue weighted by molar-refractivity contribution is 5.94. The molecule has 6 nitrogen and oxygen atoms in total. The molecule has 0 spiro atoms. The first-order chi connectivity index (χ1) is 12.1. The molecular formula is C19H30N4O2. The van der Waals surface area contributed by atoms with E-state index in [-0.39, 0.29) is 18.1 Å². The second-order valence-corrected chi connectivity index (χ2v) is 7.88. The zero-order valence-corrected chi connectivity index (χ0v) is 15.5. The van der Waals surface area contributed by atoms with E-state index in [1.54, 1.807) is 0 Å². The van der Waals surface area contributed by atoms with Gasteiger partial charge >= 0.3 is 0 Å². The van der Waals surface area contributed by atoms with E-state index in [9.17, 15) is 4.79 Å². The van der Waals surface area contributed by atoms with E-state index >= 15 is 0 Å². The fourth-order valence-electron chi connectivity index (χ4n) is 4.72. The van der Waals surface area contributed by atoms with E-state index < -0.39 is 0 Å². The Bertz CT molecular complexity index is 615. The Balaban J connectivity index is 1.41. The molecular weight excluding hydrogens is 316 g/mol. The topological polar surface area (TPSA) is 61.5 Å². The highest BCUT2D eigenvalue weighted by Gasteiger charge is 2.33. The van der Waals surface area contributed by atoms with Crippen LogP contribution in [0.1, 0.15) is 73.8 Å². The van der Waals surface area contributed by atoms with E-state index in [1.165, 1.54) is 32.4 Å². The second kappa shape index (κ2) is 7.08. The van der Waals surface area contributed by atoms with E-state index in [2.05, 4.69) is 22.0 Å². The Kier molecular flexibility index (Phi) is 4.82. The number of carbonyl (C=O) groups is 1. The fraction of sp³-hybridized carbons (Fsp3) is 0.789. The largest absolute Gasteiger partial charge is 0.369 e. The van der Waals surface area contributed by atoms with Crippen molar-refractivity contribution in [2.24, 2.45) is 0 Å². The minimum absolute atomic E-state index is 0.0161. The summed E-state index contributed by atoms with van der Waals surface area (Å²) in [5.41, 5.74) is 2.66. The minimum atomic E-state index is -0.0161. The normalized spacial score (nSPS) is 28.8. The first-order valence-corrected chi connectivity index (χ1v) is 9.89. The lowest BCUT2D eigenvalue weighted by atomic mass is 9.97. The number of likely N-dealkylation sites (tertiary alicyclic amines) is 2. The summed E-state index contributed by atoms with van der Waals surface area (Å²) in [5.74, 6) is 0.0934. The van der Waals surface area contributed by atoms with Gasteiger partial charge in [-0.1, -0.05) is 6.42 Å². The number of nitrogens with one attached hydrogen (secondary N) is 1. The maximum absolute atomic E-state index is 13.0. The van der Waals surface area contributed by atoms with Crippen LogP contribution < -0.4 is 0 Å². The van der Waals surface area contributed by atoms with Crippen molar-refractivity contribution in [1.29, 1.82) is 0 Å². The van der Waals surface area contributed by atoms with Gasteiger partial charge in [0.25, 0.3) is 5.91 Å². The van der Waals surface area contributed by atoms with Gasteiger partial charge < -0.3 is 14.5 Å². The fourth-order valence-corrected chi connectivity index (χ4v) is 4.72. The molecule has 0 aromatic carbocycles. The van der Waals surface area contributed by atoms with E-state index in [1.807, 2.05) is 11.8 Å². The number of aromatic nitrogens is 2. The molecule has 2 fully saturated rings. The average molecular weight is 346 g/mol. The zero-order chi connectivity index (χ0) is 17.4. The average Bonchev–Trinajstić information content (AvgIpc) is 3.06. The quantitative estimate of drug-likeness (QED) is 0.894. The number of carbonyl (C=O) groups excluding carboxylic acids is 1. The molecule has 1 aromatic rings. The van der Waals surface area contributed by atoms with Crippen molar-refractivity contribution in [3.05, 3.63) is 17.0 Å². The lowest BCUT2D eigenvalue weighted by molar-refractivity contribution is -0.00704. The number of fused-ring (bicyclic) bond motifs is 1. The molecule has 0 saturated carbocycles. The number of aromatic amines is 1. The number of piperidine rings is 2. The van der Waals surface area contributed by atoms with Gasteiger partial charge in [-0.25, -0.2) is 0 Å². The van der Waals surface area contributed by atoms with Crippen LogP contribution in [0.5, 0.6) is 0 Å². The molecule has 0 unspecified atom stereocenters. The van der Waals surface area contributed by atoms with Crippen molar-refractivity contribution in [2.45, 2.75) is 70.6 Å². The number of ether oxygens (including phenoxy) is 1. The maximum Gasteiger partial charge on any atom is 0.274 e. The molecule has 4 heterocycles. The predicted molar refractivity (Wildman–Crippen MR) is 95.6 cm³/mol. The Morgan fingerprint density at radius 1 is 1.12 bits per heavy atom. The van der Waals surface area contributed by atoms with Crippen LogP contribution in [0.4, 0.5) is 0 Å². The van der Waals surface area contributed by atoms with Crippen molar-refractivity contribution in [3.63, 3.8) is 0 Å². The van der Waals surface area contributed by atoms with Crippen LogP contribution in [0.2, 0.25) is 0 Å². The molecule has 0 bridgehead atoms. The van der Waals surface area contributed by atoms with Crippen LogP contribution in [-0.2, 0) is 11.2 Å². The van der Waals surface area contributed by atoms with Gasteiger partial charge in [-0.2, -0.15) is 5.10 Å². The summed E-state index contributed by atoms with van der Waals surface area (Å²) in [4.78, 5) is 17.7. The lowest BCUT2D eigenvalue weighted by Crippen LogP contribution is -2.48. The summed E-state index contributed by atoms with van der Waals surface area (Å²) < 4.78 is 5.83. The molecule has 0 radical (unpaired) electrons. The molecule has 4 rings (SSSR count). The Morgan fingerprint density at radius 2 is 1.84 bits per heavy atom. The predicted octanol–water partition coefficient (Wildman–Crippen LogP) is 2.52. The Labute approximate surface area is 149 Å². The van der Waals surface area contributed by atoms with Crippen molar-refractivity contribution in [1.82, 2.24) is 20.0 Å². The SMILES string of the molecule is C[C@@H]1Cc2c(C(=O)N3CCC(N4CCCCC4)CC3)n[nH]c2[C@H](C)O1. The zero-order valence-electron chi connectivity index (χ0n) is 15.5. The molecule has 2 atom stereocenters. The van der Waals surface area contributed by atoms with Crippen molar-refractivity contribution in [3.8, 4) is 0 Å². The molecule has 138 valence electrons. The summed E-state index contributed by atoms with van der Waals surface area (Å²) in [6.07, 6.45) is 7.10. The van der Waals surface area contributed by atoms with Crippen LogP contribution in [0.15, 0.2) is 0 Å². The molecule has 1 amide bonds. The molecule has 2 saturated heterocycles. The van der Waals surface area contributed by atoms with Crippen LogP contribution in [0.25, 0.3) is 0 Å². The van der Waals surface area contributed by atoms with Gasteiger partial charge in [-0.15, -0.1) is 0 Å². The van der Waals surface area contributed by atoms with Crippen LogP contribution >= 0.6 is 0 Å². The van der Waals surface area contributed by atoms with Crippen molar-refractivity contribution in [2.75, 3.05) is 26.2 Å². The number of hydrogen-bond acceptors (Lipinski definition) is 4. The number of hydrogen-bond donors (Lipinski definition) is 1. The van der Waals surface area contributed by atoms with Gasteiger partial charge in [0.2, 0.25) is 0 Å². The van der Waals surface area contributed by atoms with Gasteiger partial charge in [0, 0.05) is 31.1 Å². The van der Waals surface area contributed by atoms with Crippen LogP contribution in [0.3, 0.4) is 0 Å². The van der Waals surface area contributed by atoms with Gasteiger partial charge in [-0.3, -0.25) is 9.89 Å². The second-order valence-electron chi connectivity index (χ2n) is 7.88. The lowest BCUT2D eigenvalue weighted by Gasteiger charge is -2.40. The van der Waals surface area contributed by atoms with Gasteiger partial charge in [0.05, 0.1) is 17.9 Å². The summed E-state index contributed by atoms with van der Waals surface area (Å²) in [6, 6.07) is 0.658. The molecule has 0 aliphatic carbocycles. The third-order valence-electron chi connectivity index (χ3n) is 6.09. The standard InChI is InChI=1S/C19H30N4O2/c1-13-12-16-17(14(2)25-13)20-21-18(16)19(24)23-10-6-15(7-11-23)22-8-4-3-5-9-22/h13-15H,3-12H2,1-2H3,(H,20,21)/t13-,14+/m1/s1. The summed E-state index contributed by atoms with van der Waals surface area (Å²) >= 11 is 0. The first-order valence-electron chi connectivity index (χ1n) is 9.89. The van der Waals surface area contributed by atoms with E-state index in [4.69, 9.17) is 4.74 Å². The van der Waals surface area contributed by atoms with Crippen LogP contribution in [-0.4, -0.2) is 64.2 Å². The summed E-state index contributed by atoms with van der Waals surface area (Å²) in [7, 11) is 0. The van der Waals surface area contributed by atoms with E-state index in [0.29, 0.717) is 11.7 Å². The summed E-state index contributed by atoms with van der Waals surface area (Å²) in [5, 5.41) is 7.41. The number of H-pyrrole nitrogens is 1. The molecule has 3 aliphatic heterocycles. The third-order valence-corrected chi connectivity index (χ3v) is 6.09. The van der Waals surface area contributed by atoms with Gasteiger partial charge in [0.15, 0.2) is 5.69 Å². The minimum Gasteiger partial charge on any atom is -0.369 e. The molecule has 1 aromatic heterocycles. The Hall–Kier alpha value is -1.40. The van der Waals surface area contributed by atoms with E-state index in [0.717, 1.165) is 43.6 Å².